The van der Waals surface area contributed by atoms with Gasteiger partial charge in [-0.15, -0.1) is 0 Å². The fourth-order valence-electron chi connectivity index (χ4n) is 2.84. The molecule has 146 valence electrons. The average Bonchev–Trinajstić information content (AvgIpc) is 3.25. The minimum atomic E-state index is -0.627. The summed E-state index contributed by atoms with van der Waals surface area (Å²) in [7, 11) is 1.92. The minimum absolute atomic E-state index is 0.0496. The summed E-state index contributed by atoms with van der Waals surface area (Å²) in [5, 5.41) is 6.03. The van der Waals surface area contributed by atoms with Crippen LogP contribution in [0.2, 0.25) is 0 Å². The van der Waals surface area contributed by atoms with Crippen LogP contribution in [0.5, 0.6) is 0 Å². The van der Waals surface area contributed by atoms with Gasteiger partial charge in [0.1, 0.15) is 6.04 Å². The van der Waals surface area contributed by atoms with Crippen LogP contribution in [0.15, 0.2) is 42.7 Å². The number of amides is 2. The number of aryl methyl sites for hydroxylation is 1. The number of thiazole rings is 1. The molecule has 0 fully saturated rings. The number of rotatable bonds is 6. The first-order valence-corrected chi connectivity index (χ1v) is 9.80. The number of hydrogen-bond donors (Lipinski definition) is 2. The van der Waals surface area contributed by atoms with Crippen molar-refractivity contribution in [2.24, 2.45) is 13.0 Å². The second-order valence-electron chi connectivity index (χ2n) is 6.84. The van der Waals surface area contributed by atoms with E-state index in [0.717, 1.165) is 22.0 Å². The van der Waals surface area contributed by atoms with Gasteiger partial charge in [-0.1, -0.05) is 55.5 Å². The number of nitrogens with zero attached hydrogens (tertiary/aromatic N) is 3. The highest BCUT2D eigenvalue weighted by Gasteiger charge is 2.25. The van der Waals surface area contributed by atoms with Gasteiger partial charge in [0, 0.05) is 31.9 Å². The van der Waals surface area contributed by atoms with Crippen molar-refractivity contribution in [3.63, 3.8) is 0 Å². The van der Waals surface area contributed by atoms with Gasteiger partial charge in [-0.2, -0.15) is 0 Å². The van der Waals surface area contributed by atoms with Crippen LogP contribution in [0.25, 0.3) is 22.0 Å². The molecule has 0 saturated carbocycles. The molecule has 3 aromatic rings. The third-order valence-corrected chi connectivity index (χ3v) is 5.20. The second kappa shape index (κ2) is 8.35. The van der Waals surface area contributed by atoms with Gasteiger partial charge in [0.25, 0.3) is 0 Å². The first-order valence-electron chi connectivity index (χ1n) is 8.98. The first kappa shape index (κ1) is 19.8. The third kappa shape index (κ3) is 4.28. The summed E-state index contributed by atoms with van der Waals surface area (Å²) in [6.07, 6.45) is 3.60. The van der Waals surface area contributed by atoms with Crippen LogP contribution < -0.4 is 10.6 Å². The van der Waals surface area contributed by atoms with Gasteiger partial charge in [0.15, 0.2) is 11.0 Å². The molecule has 1 atom stereocenters. The van der Waals surface area contributed by atoms with Crippen LogP contribution in [0.4, 0.5) is 5.13 Å². The average molecular weight is 398 g/mol. The van der Waals surface area contributed by atoms with E-state index in [0.29, 0.717) is 5.13 Å². The van der Waals surface area contributed by atoms with Crippen molar-refractivity contribution >= 4 is 28.3 Å². The van der Waals surface area contributed by atoms with Crippen molar-refractivity contribution in [1.82, 2.24) is 19.9 Å². The number of imidazole rings is 1. The maximum atomic E-state index is 12.7. The molecule has 0 saturated heterocycles. The lowest BCUT2D eigenvalue weighted by Crippen LogP contribution is -2.46. The minimum Gasteiger partial charge on any atom is -0.344 e. The fraction of sp³-hybridized carbons (Fsp3) is 0.300. The highest BCUT2D eigenvalue weighted by molar-refractivity contribution is 7.19. The molecule has 0 bridgehead atoms. The van der Waals surface area contributed by atoms with Crippen molar-refractivity contribution in [1.29, 1.82) is 0 Å². The smallest absolute Gasteiger partial charge is 0.248 e. The largest absolute Gasteiger partial charge is 0.344 e. The maximum Gasteiger partial charge on any atom is 0.248 e. The van der Waals surface area contributed by atoms with E-state index in [2.05, 4.69) is 20.6 Å². The SMILES string of the molecule is CC(=O)NC(C(=O)Nc1nc(-c2ccccc2)c(-c2nccn2C)s1)C(C)C. The number of benzene rings is 1. The fourth-order valence-corrected chi connectivity index (χ4v) is 3.87. The van der Waals surface area contributed by atoms with Crippen LogP contribution in [-0.2, 0) is 16.6 Å². The van der Waals surface area contributed by atoms with Gasteiger partial charge in [-0.25, -0.2) is 9.97 Å². The molecule has 0 aliphatic heterocycles. The van der Waals surface area contributed by atoms with Crippen LogP contribution in [0, 0.1) is 5.92 Å². The van der Waals surface area contributed by atoms with Crippen LogP contribution >= 0.6 is 11.3 Å². The Balaban J connectivity index is 1.97. The zero-order valence-corrected chi connectivity index (χ0v) is 17.1. The van der Waals surface area contributed by atoms with Crippen LogP contribution in [0.3, 0.4) is 0 Å². The molecule has 2 amide bonds. The monoisotopic (exact) mass is 397 g/mol. The van der Waals surface area contributed by atoms with Gasteiger partial charge in [0.2, 0.25) is 11.8 Å². The lowest BCUT2D eigenvalue weighted by molar-refractivity contribution is -0.126. The Morgan fingerprint density at radius 1 is 1.18 bits per heavy atom. The van der Waals surface area contributed by atoms with E-state index in [1.54, 1.807) is 6.20 Å². The first-order chi connectivity index (χ1) is 13.4. The number of nitrogens with one attached hydrogen (secondary N) is 2. The third-order valence-electron chi connectivity index (χ3n) is 4.24. The Labute approximate surface area is 167 Å². The number of anilines is 1. The van der Waals surface area contributed by atoms with Crippen molar-refractivity contribution in [2.45, 2.75) is 26.8 Å². The zero-order valence-electron chi connectivity index (χ0n) is 16.3. The van der Waals surface area contributed by atoms with E-state index in [9.17, 15) is 9.59 Å². The van der Waals surface area contributed by atoms with E-state index in [4.69, 9.17) is 0 Å². The summed E-state index contributed by atoms with van der Waals surface area (Å²) < 4.78 is 1.92. The zero-order chi connectivity index (χ0) is 20.3. The van der Waals surface area contributed by atoms with E-state index in [1.165, 1.54) is 18.3 Å². The Morgan fingerprint density at radius 3 is 2.46 bits per heavy atom. The molecule has 28 heavy (non-hydrogen) atoms. The summed E-state index contributed by atoms with van der Waals surface area (Å²) in [6, 6.07) is 9.15. The Morgan fingerprint density at radius 2 is 1.89 bits per heavy atom. The van der Waals surface area contributed by atoms with Crippen molar-refractivity contribution in [2.75, 3.05) is 5.32 Å². The van der Waals surface area contributed by atoms with Crippen LogP contribution in [-0.4, -0.2) is 32.4 Å². The predicted octanol–water partition coefficient (Wildman–Crippen LogP) is 3.31. The molecule has 3 rings (SSSR count). The van der Waals surface area contributed by atoms with Gasteiger partial charge < -0.3 is 15.2 Å². The summed E-state index contributed by atoms with van der Waals surface area (Å²) in [4.78, 5) is 34.1. The van der Waals surface area contributed by atoms with E-state index >= 15 is 0 Å². The summed E-state index contributed by atoms with van der Waals surface area (Å²) >= 11 is 1.36. The number of carbonyl (C=O) groups excluding carboxylic acids is 2. The normalized spacial score (nSPS) is 12.0. The summed E-state index contributed by atoms with van der Waals surface area (Å²) in [5.41, 5.74) is 1.70. The van der Waals surface area contributed by atoms with Crippen LogP contribution in [0.1, 0.15) is 20.8 Å². The molecule has 0 aliphatic rings. The number of carbonyl (C=O) groups is 2. The molecule has 2 N–H and O–H groups in total. The molecule has 1 aromatic carbocycles. The maximum absolute atomic E-state index is 12.7. The van der Waals surface area contributed by atoms with Gasteiger partial charge >= 0.3 is 0 Å². The Kier molecular flexibility index (Phi) is 5.89. The number of aromatic nitrogens is 3. The second-order valence-corrected chi connectivity index (χ2v) is 7.84. The van der Waals surface area contributed by atoms with E-state index < -0.39 is 6.04 Å². The molecule has 2 aromatic heterocycles. The molecule has 1 unspecified atom stereocenters. The van der Waals surface area contributed by atoms with Gasteiger partial charge in [-0.3, -0.25) is 9.59 Å². The Hall–Kier alpha value is -3.00. The molecular weight excluding hydrogens is 374 g/mol. The Bertz CT molecular complexity index is 978. The molecular formula is C20H23N5O2S. The topological polar surface area (TPSA) is 88.9 Å². The predicted molar refractivity (Wildman–Crippen MR) is 111 cm³/mol. The number of hydrogen-bond acceptors (Lipinski definition) is 5. The van der Waals surface area contributed by atoms with E-state index in [1.807, 2.05) is 62.0 Å². The highest BCUT2D eigenvalue weighted by Crippen LogP contribution is 2.38. The molecule has 7 nitrogen and oxygen atoms in total. The highest BCUT2D eigenvalue weighted by atomic mass is 32.1. The van der Waals surface area contributed by atoms with Crippen molar-refractivity contribution in [3.05, 3.63) is 42.7 Å². The lowest BCUT2D eigenvalue weighted by atomic mass is 10.0. The molecule has 8 heteroatoms. The molecule has 0 aliphatic carbocycles. The molecule has 0 radical (unpaired) electrons. The van der Waals surface area contributed by atoms with Gasteiger partial charge in [-0.05, 0) is 5.92 Å². The van der Waals surface area contributed by atoms with Crippen molar-refractivity contribution < 1.29 is 9.59 Å². The standard InChI is InChI=1S/C20H23N5O2S/c1-12(2)15(22-13(3)26)19(27)24-20-23-16(14-8-6-5-7-9-14)17(28-20)18-21-10-11-25(18)4/h5-12,15H,1-4H3,(H,22,26)(H,23,24,27). The summed E-state index contributed by atoms with van der Waals surface area (Å²) in [6.45, 7) is 5.17. The molecule has 2 heterocycles. The molecule has 0 spiro atoms. The summed E-state index contributed by atoms with van der Waals surface area (Å²) in [5.74, 6) is 0.196. The quantitative estimate of drug-likeness (QED) is 0.668. The van der Waals surface area contributed by atoms with E-state index in [-0.39, 0.29) is 17.7 Å². The lowest BCUT2D eigenvalue weighted by Gasteiger charge is -2.20. The van der Waals surface area contributed by atoms with Crippen molar-refractivity contribution in [3.8, 4) is 22.0 Å². The van der Waals surface area contributed by atoms with Gasteiger partial charge in [0.05, 0.1) is 10.6 Å².